The van der Waals surface area contributed by atoms with Gasteiger partial charge in [-0.25, -0.2) is 0 Å². The molecule has 0 bridgehead atoms. The highest BCUT2D eigenvalue weighted by Crippen LogP contribution is 2.72. The van der Waals surface area contributed by atoms with Gasteiger partial charge in [-0.05, 0) is 48.5 Å². The maximum Gasteiger partial charge on any atom is 0.139 e. The van der Waals surface area contributed by atoms with Gasteiger partial charge in [-0.3, -0.25) is 4.79 Å². The molecule has 0 saturated heterocycles. The zero-order chi connectivity index (χ0) is 17.9. The number of hydrogen-bond donors (Lipinski definition) is 3. The fraction of sp³-hybridized carbons (Fsp3) is 0.750. The Labute approximate surface area is 144 Å². The number of hydrogen-bond acceptors (Lipinski definition) is 4. The third kappa shape index (κ3) is 2.42. The summed E-state index contributed by atoms with van der Waals surface area (Å²) in [6, 6.07) is 0. The molecule has 3 fully saturated rings. The first-order chi connectivity index (χ1) is 11.1. The maximum atomic E-state index is 12.7. The SMILES string of the molecule is C=C(C(O)/C=C/[C@@](C)(O)CO)[C@@H]1CC(=O)[C@@]2(C)[C@@H]1[C@@H]1[C@H](C)CC[C@@H]12. The zero-order valence-corrected chi connectivity index (χ0v) is 14.9. The molecule has 8 atom stereocenters. The standard InChI is InChI=1S/C20H30O4/c1-11-5-6-14-17(11)18-13(9-16(23)20(14,18)4)12(2)15(22)7-8-19(3,24)10-21/h7-8,11,13-15,17-18,21-22,24H,2,5-6,9-10H2,1,3-4H3/b8-7+/t11-,13+,14+,15?,17-,18+,19-,20+/m1/s1. The summed E-state index contributed by atoms with van der Waals surface area (Å²) in [6.45, 7) is 9.55. The lowest BCUT2D eigenvalue weighted by Gasteiger charge is -2.56. The monoisotopic (exact) mass is 334 g/mol. The summed E-state index contributed by atoms with van der Waals surface area (Å²) < 4.78 is 0. The molecular weight excluding hydrogens is 304 g/mol. The van der Waals surface area contributed by atoms with E-state index in [1.54, 1.807) is 0 Å². The Hall–Kier alpha value is -0.970. The van der Waals surface area contributed by atoms with Gasteiger partial charge in [0.25, 0.3) is 0 Å². The highest BCUT2D eigenvalue weighted by molar-refractivity contribution is 5.90. The van der Waals surface area contributed by atoms with Crippen molar-refractivity contribution >= 4 is 5.78 Å². The molecule has 3 N–H and O–H groups in total. The molecule has 0 aromatic carbocycles. The van der Waals surface area contributed by atoms with Crippen molar-refractivity contribution < 1.29 is 20.1 Å². The molecule has 0 aliphatic heterocycles. The molecule has 4 nitrogen and oxygen atoms in total. The molecular formula is C20H30O4. The predicted octanol–water partition coefficient (Wildman–Crippen LogP) is 2.09. The van der Waals surface area contributed by atoms with E-state index in [0.717, 1.165) is 6.42 Å². The quantitative estimate of drug-likeness (QED) is 0.673. The minimum Gasteiger partial charge on any atom is -0.393 e. The largest absolute Gasteiger partial charge is 0.393 e. The molecule has 0 aromatic heterocycles. The van der Waals surface area contributed by atoms with Gasteiger partial charge in [-0.1, -0.05) is 39.0 Å². The summed E-state index contributed by atoms with van der Waals surface area (Å²) >= 11 is 0. The molecule has 3 aliphatic carbocycles. The van der Waals surface area contributed by atoms with Gasteiger partial charge in [0, 0.05) is 11.8 Å². The van der Waals surface area contributed by atoms with Crippen LogP contribution in [-0.4, -0.2) is 39.4 Å². The highest BCUT2D eigenvalue weighted by atomic mass is 16.3. The summed E-state index contributed by atoms with van der Waals surface area (Å²) in [4.78, 5) is 12.7. The molecule has 0 aromatic rings. The first-order valence-electron chi connectivity index (χ1n) is 9.06. The zero-order valence-electron chi connectivity index (χ0n) is 14.9. The third-order valence-electron chi connectivity index (χ3n) is 7.19. The fourth-order valence-corrected chi connectivity index (χ4v) is 5.74. The first-order valence-corrected chi connectivity index (χ1v) is 9.06. The maximum absolute atomic E-state index is 12.7. The lowest BCUT2D eigenvalue weighted by Crippen LogP contribution is -2.56. The van der Waals surface area contributed by atoms with Crippen LogP contribution in [0.4, 0.5) is 0 Å². The van der Waals surface area contributed by atoms with Crippen molar-refractivity contribution in [2.24, 2.45) is 35.0 Å². The minimum absolute atomic E-state index is 0.0167. The van der Waals surface area contributed by atoms with E-state index in [0.29, 0.717) is 41.4 Å². The van der Waals surface area contributed by atoms with Crippen molar-refractivity contribution in [1.29, 1.82) is 0 Å². The van der Waals surface area contributed by atoms with E-state index >= 15 is 0 Å². The van der Waals surface area contributed by atoms with Crippen LogP contribution in [0.15, 0.2) is 24.3 Å². The van der Waals surface area contributed by atoms with Crippen molar-refractivity contribution in [1.82, 2.24) is 0 Å². The molecule has 0 heterocycles. The summed E-state index contributed by atoms with van der Waals surface area (Å²) in [5.41, 5.74) is -0.925. The fourth-order valence-electron chi connectivity index (χ4n) is 5.74. The van der Waals surface area contributed by atoms with Crippen LogP contribution < -0.4 is 0 Å². The molecule has 0 radical (unpaired) electrons. The van der Waals surface area contributed by atoms with E-state index in [1.807, 2.05) is 0 Å². The number of aliphatic hydroxyl groups excluding tert-OH is 2. The third-order valence-corrected chi connectivity index (χ3v) is 7.19. The molecule has 3 saturated carbocycles. The Kier molecular flexibility index (Phi) is 4.30. The van der Waals surface area contributed by atoms with Crippen molar-refractivity contribution in [2.45, 2.75) is 51.7 Å². The Morgan fingerprint density at radius 1 is 1.50 bits per heavy atom. The molecule has 3 aliphatic rings. The minimum atomic E-state index is -1.36. The van der Waals surface area contributed by atoms with Gasteiger partial charge in [0.1, 0.15) is 11.4 Å². The van der Waals surface area contributed by atoms with E-state index in [9.17, 15) is 15.0 Å². The summed E-state index contributed by atoms with van der Waals surface area (Å²) in [6.07, 6.45) is 4.79. The van der Waals surface area contributed by atoms with Crippen LogP contribution in [0, 0.1) is 35.0 Å². The van der Waals surface area contributed by atoms with E-state index < -0.39 is 18.3 Å². The van der Waals surface area contributed by atoms with Crippen LogP contribution in [0.5, 0.6) is 0 Å². The molecule has 1 unspecified atom stereocenters. The van der Waals surface area contributed by atoms with Crippen LogP contribution in [0.1, 0.15) is 40.0 Å². The smallest absolute Gasteiger partial charge is 0.139 e. The molecule has 0 amide bonds. The second-order valence-electron chi connectivity index (χ2n) is 8.67. The van der Waals surface area contributed by atoms with Gasteiger partial charge in [0.15, 0.2) is 0 Å². The number of rotatable bonds is 5. The molecule has 134 valence electrons. The summed E-state index contributed by atoms with van der Waals surface area (Å²) in [5, 5.41) is 29.4. The molecule has 3 rings (SSSR count). The van der Waals surface area contributed by atoms with Gasteiger partial charge < -0.3 is 15.3 Å². The van der Waals surface area contributed by atoms with Gasteiger partial charge >= 0.3 is 0 Å². The van der Waals surface area contributed by atoms with Crippen molar-refractivity contribution in [3.05, 3.63) is 24.3 Å². The van der Waals surface area contributed by atoms with Gasteiger partial charge in [0.2, 0.25) is 0 Å². The highest BCUT2D eigenvalue weighted by Gasteiger charge is 2.71. The van der Waals surface area contributed by atoms with Crippen molar-refractivity contribution in [3.63, 3.8) is 0 Å². The van der Waals surface area contributed by atoms with Crippen LogP contribution in [0.2, 0.25) is 0 Å². The number of Topliss-reactive ketones (excluding diaryl/α,β-unsaturated/α-hetero) is 1. The van der Waals surface area contributed by atoms with Crippen molar-refractivity contribution in [2.75, 3.05) is 6.61 Å². The number of fused-ring (bicyclic) bond motifs is 4. The normalized spacial score (nSPS) is 44.8. The predicted molar refractivity (Wildman–Crippen MR) is 92.1 cm³/mol. The second-order valence-corrected chi connectivity index (χ2v) is 8.67. The Morgan fingerprint density at radius 3 is 2.79 bits per heavy atom. The van der Waals surface area contributed by atoms with Crippen molar-refractivity contribution in [3.8, 4) is 0 Å². The number of ketones is 1. The summed E-state index contributed by atoms with van der Waals surface area (Å²) in [7, 11) is 0. The average Bonchev–Trinajstić information content (AvgIpc) is 2.97. The van der Waals surface area contributed by atoms with Gasteiger partial charge in [-0.15, -0.1) is 0 Å². The number of aliphatic hydroxyl groups is 3. The Morgan fingerprint density at radius 2 is 2.17 bits per heavy atom. The Balaban J connectivity index is 1.78. The molecule has 0 spiro atoms. The number of carbonyl (C=O) groups excluding carboxylic acids is 1. The molecule has 24 heavy (non-hydrogen) atoms. The van der Waals surface area contributed by atoms with E-state index in [4.69, 9.17) is 5.11 Å². The topological polar surface area (TPSA) is 77.8 Å². The van der Waals surface area contributed by atoms with E-state index in [-0.39, 0.29) is 11.3 Å². The van der Waals surface area contributed by atoms with Gasteiger partial charge in [-0.2, -0.15) is 0 Å². The van der Waals surface area contributed by atoms with E-state index in [2.05, 4.69) is 20.4 Å². The van der Waals surface area contributed by atoms with E-state index in [1.165, 1.54) is 25.5 Å². The lowest BCUT2D eigenvalue weighted by atomic mass is 9.46. The number of carbonyl (C=O) groups is 1. The second kappa shape index (κ2) is 5.79. The van der Waals surface area contributed by atoms with Crippen LogP contribution in [0.25, 0.3) is 0 Å². The van der Waals surface area contributed by atoms with Crippen LogP contribution in [0.3, 0.4) is 0 Å². The average molecular weight is 334 g/mol. The summed E-state index contributed by atoms with van der Waals surface area (Å²) in [5.74, 6) is 2.35. The van der Waals surface area contributed by atoms with Crippen LogP contribution in [-0.2, 0) is 4.79 Å². The lowest BCUT2D eigenvalue weighted by molar-refractivity contribution is -0.149. The molecule has 4 heteroatoms. The van der Waals surface area contributed by atoms with Gasteiger partial charge in [0.05, 0.1) is 12.7 Å². The Bertz CT molecular complexity index is 578. The first kappa shape index (κ1) is 17.8. The van der Waals surface area contributed by atoms with Crippen LogP contribution >= 0.6 is 0 Å².